The predicted molar refractivity (Wildman–Crippen MR) is 90.4 cm³/mol. The number of piperidine rings is 1. The van der Waals surface area contributed by atoms with Gasteiger partial charge in [-0.15, -0.1) is 0 Å². The topological polar surface area (TPSA) is 47.5 Å². The van der Waals surface area contributed by atoms with Crippen LogP contribution in [-0.4, -0.2) is 30.2 Å². The first-order valence-electron chi connectivity index (χ1n) is 8.05. The lowest BCUT2D eigenvalue weighted by atomic mass is 9.99. The van der Waals surface area contributed by atoms with E-state index < -0.39 is 0 Å². The van der Waals surface area contributed by atoms with E-state index in [0.29, 0.717) is 17.4 Å². The first-order valence-corrected chi connectivity index (χ1v) is 8.05. The summed E-state index contributed by atoms with van der Waals surface area (Å²) < 4.78 is 11.3. The third-order valence-electron chi connectivity index (χ3n) is 4.27. The van der Waals surface area contributed by atoms with Crippen LogP contribution in [0.1, 0.15) is 25.3 Å². The monoisotopic (exact) mass is 313 g/mol. The van der Waals surface area contributed by atoms with E-state index in [9.17, 15) is 0 Å². The zero-order valence-corrected chi connectivity index (χ0v) is 14.0. The lowest BCUT2D eigenvalue weighted by Crippen LogP contribution is -2.33. The van der Waals surface area contributed by atoms with Crippen LogP contribution in [-0.2, 0) is 0 Å². The van der Waals surface area contributed by atoms with Gasteiger partial charge in [-0.05, 0) is 43.4 Å². The number of rotatable bonds is 4. The number of anilines is 1. The average Bonchev–Trinajstić information content (AvgIpc) is 2.57. The van der Waals surface area contributed by atoms with E-state index in [4.69, 9.17) is 9.47 Å². The second kappa shape index (κ2) is 6.86. The molecule has 0 amide bonds. The van der Waals surface area contributed by atoms with Crippen LogP contribution in [0.15, 0.2) is 30.6 Å². The van der Waals surface area contributed by atoms with Gasteiger partial charge >= 0.3 is 0 Å². The number of ether oxygens (including phenoxy) is 2. The normalized spacial score (nSPS) is 15.5. The molecule has 3 rings (SSSR count). The van der Waals surface area contributed by atoms with Crippen molar-refractivity contribution in [2.75, 3.05) is 25.1 Å². The summed E-state index contributed by atoms with van der Waals surface area (Å²) in [5.74, 6) is 3.62. The molecule has 0 spiro atoms. The molecule has 0 N–H and O–H groups in total. The molecule has 23 heavy (non-hydrogen) atoms. The van der Waals surface area contributed by atoms with Gasteiger partial charge in [0.05, 0.1) is 7.11 Å². The maximum Gasteiger partial charge on any atom is 0.224 e. The van der Waals surface area contributed by atoms with E-state index >= 15 is 0 Å². The Kier molecular flexibility index (Phi) is 4.65. The SMILES string of the molecule is COc1cc(C)ccc1Oc1cc(N2CCC(C)CC2)ncn1. The molecule has 1 aromatic heterocycles. The van der Waals surface area contributed by atoms with Gasteiger partial charge in [0.25, 0.3) is 0 Å². The summed E-state index contributed by atoms with van der Waals surface area (Å²) in [6, 6.07) is 7.74. The Morgan fingerprint density at radius 2 is 1.87 bits per heavy atom. The summed E-state index contributed by atoms with van der Waals surface area (Å²) in [5.41, 5.74) is 1.13. The number of nitrogens with zero attached hydrogens (tertiary/aromatic N) is 3. The molecule has 0 saturated carbocycles. The van der Waals surface area contributed by atoms with Gasteiger partial charge in [0.1, 0.15) is 12.1 Å². The molecule has 5 nitrogen and oxygen atoms in total. The summed E-state index contributed by atoms with van der Waals surface area (Å²) >= 11 is 0. The molecule has 0 unspecified atom stereocenters. The number of aryl methyl sites for hydroxylation is 1. The summed E-state index contributed by atoms with van der Waals surface area (Å²) in [6.45, 7) is 6.39. The minimum absolute atomic E-state index is 0.538. The van der Waals surface area contributed by atoms with Crippen LogP contribution < -0.4 is 14.4 Å². The highest BCUT2D eigenvalue weighted by Gasteiger charge is 2.18. The third kappa shape index (κ3) is 3.73. The number of methoxy groups -OCH3 is 1. The van der Waals surface area contributed by atoms with Crippen molar-refractivity contribution in [3.8, 4) is 17.4 Å². The van der Waals surface area contributed by atoms with Gasteiger partial charge in [-0.3, -0.25) is 0 Å². The van der Waals surface area contributed by atoms with E-state index in [-0.39, 0.29) is 0 Å². The fraction of sp³-hybridized carbons (Fsp3) is 0.444. The standard InChI is InChI=1S/C18H23N3O2/c1-13-6-8-21(9-7-13)17-11-18(20-12-19-17)23-15-5-4-14(2)10-16(15)22-3/h4-5,10-13H,6-9H2,1-3H3. The van der Waals surface area contributed by atoms with E-state index in [2.05, 4.69) is 21.8 Å². The molecule has 0 aliphatic carbocycles. The van der Waals surface area contributed by atoms with Gasteiger partial charge in [0, 0.05) is 19.2 Å². The van der Waals surface area contributed by atoms with Crippen LogP contribution in [0.5, 0.6) is 17.4 Å². The molecule has 0 atom stereocenters. The zero-order valence-electron chi connectivity index (χ0n) is 14.0. The molecule has 2 heterocycles. The Balaban J connectivity index is 1.78. The van der Waals surface area contributed by atoms with Crippen LogP contribution in [0.2, 0.25) is 0 Å². The quantitative estimate of drug-likeness (QED) is 0.858. The van der Waals surface area contributed by atoms with Crippen LogP contribution in [0.4, 0.5) is 5.82 Å². The molecule has 2 aromatic rings. The maximum absolute atomic E-state index is 5.91. The van der Waals surface area contributed by atoms with Crippen molar-refractivity contribution < 1.29 is 9.47 Å². The Hall–Kier alpha value is -2.30. The average molecular weight is 313 g/mol. The molecule has 1 fully saturated rings. The van der Waals surface area contributed by atoms with Crippen molar-refractivity contribution in [3.05, 3.63) is 36.2 Å². The Morgan fingerprint density at radius 3 is 2.61 bits per heavy atom. The zero-order chi connectivity index (χ0) is 16.2. The Morgan fingerprint density at radius 1 is 1.09 bits per heavy atom. The van der Waals surface area contributed by atoms with Crippen LogP contribution in [0, 0.1) is 12.8 Å². The van der Waals surface area contributed by atoms with E-state index in [1.807, 2.05) is 31.2 Å². The maximum atomic E-state index is 5.91. The van der Waals surface area contributed by atoms with Gasteiger partial charge in [0.2, 0.25) is 5.88 Å². The summed E-state index contributed by atoms with van der Waals surface area (Å²) in [7, 11) is 1.64. The third-order valence-corrected chi connectivity index (χ3v) is 4.27. The van der Waals surface area contributed by atoms with E-state index in [1.54, 1.807) is 13.4 Å². The molecular weight excluding hydrogens is 290 g/mol. The smallest absolute Gasteiger partial charge is 0.224 e. The molecule has 1 aliphatic rings. The molecule has 1 aliphatic heterocycles. The lowest BCUT2D eigenvalue weighted by Gasteiger charge is -2.31. The number of benzene rings is 1. The summed E-state index contributed by atoms with van der Waals surface area (Å²) in [5, 5.41) is 0. The van der Waals surface area contributed by atoms with E-state index in [0.717, 1.165) is 30.4 Å². The van der Waals surface area contributed by atoms with Crippen LogP contribution in [0.25, 0.3) is 0 Å². The number of hydrogen-bond donors (Lipinski definition) is 0. The molecular formula is C18H23N3O2. The first kappa shape index (κ1) is 15.6. The second-order valence-corrected chi connectivity index (χ2v) is 6.14. The largest absolute Gasteiger partial charge is 0.493 e. The van der Waals surface area contributed by atoms with Gasteiger partial charge < -0.3 is 14.4 Å². The number of hydrogen-bond acceptors (Lipinski definition) is 5. The van der Waals surface area contributed by atoms with Crippen LogP contribution >= 0.6 is 0 Å². The van der Waals surface area contributed by atoms with Gasteiger partial charge in [-0.2, -0.15) is 0 Å². The molecule has 0 bridgehead atoms. The molecule has 0 radical (unpaired) electrons. The highest BCUT2D eigenvalue weighted by molar-refractivity contribution is 5.46. The van der Waals surface area contributed by atoms with Crippen molar-refractivity contribution in [1.82, 2.24) is 9.97 Å². The minimum Gasteiger partial charge on any atom is -0.493 e. The minimum atomic E-state index is 0.538. The fourth-order valence-electron chi connectivity index (χ4n) is 2.77. The molecule has 122 valence electrons. The van der Waals surface area contributed by atoms with E-state index in [1.165, 1.54) is 12.8 Å². The summed E-state index contributed by atoms with van der Waals surface area (Å²) in [4.78, 5) is 10.9. The Bertz CT molecular complexity index is 667. The van der Waals surface area contributed by atoms with Gasteiger partial charge in [0.15, 0.2) is 11.5 Å². The Labute approximate surface area is 137 Å². The highest BCUT2D eigenvalue weighted by Crippen LogP contribution is 2.32. The van der Waals surface area contributed by atoms with Crippen molar-refractivity contribution >= 4 is 5.82 Å². The van der Waals surface area contributed by atoms with Gasteiger partial charge in [-0.25, -0.2) is 9.97 Å². The fourth-order valence-corrected chi connectivity index (χ4v) is 2.77. The van der Waals surface area contributed by atoms with Crippen LogP contribution in [0.3, 0.4) is 0 Å². The van der Waals surface area contributed by atoms with Crippen molar-refractivity contribution in [3.63, 3.8) is 0 Å². The van der Waals surface area contributed by atoms with Gasteiger partial charge in [-0.1, -0.05) is 13.0 Å². The number of aromatic nitrogens is 2. The first-order chi connectivity index (χ1) is 11.2. The lowest BCUT2D eigenvalue weighted by molar-refractivity contribution is 0.373. The van der Waals surface area contributed by atoms with Crippen molar-refractivity contribution in [2.45, 2.75) is 26.7 Å². The molecule has 1 saturated heterocycles. The predicted octanol–water partition coefficient (Wildman–Crippen LogP) is 3.82. The second-order valence-electron chi connectivity index (χ2n) is 6.14. The molecule has 5 heteroatoms. The highest BCUT2D eigenvalue weighted by atomic mass is 16.5. The van der Waals surface area contributed by atoms with Crippen molar-refractivity contribution in [1.29, 1.82) is 0 Å². The van der Waals surface area contributed by atoms with Crippen molar-refractivity contribution in [2.24, 2.45) is 5.92 Å². The molecule has 1 aromatic carbocycles. The summed E-state index contributed by atoms with van der Waals surface area (Å²) in [6.07, 6.45) is 3.96.